The number of rotatable bonds is 6. The predicted octanol–water partition coefficient (Wildman–Crippen LogP) is 6.39. The summed E-state index contributed by atoms with van der Waals surface area (Å²) in [6.07, 6.45) is 6.56. The molecule has 2 heteroatoms. The zero-order valence-corrected chi connectivity index (χ0v) is 18.6. The topological polar surface area (TPSA) is 3.24 Å². The molecule has 0 atom stereocenters. The molecule has 0 aromatic heterocycles. The molecule has 1 nitrogen and oxygen atoms in total. The fraction of sp³-hybridized carbons (Fsp3) is 0.0800. The van der Waals surface area contributed by atoms with Gasteiger partial charge in [-0.05, 0) is 0 Å². The van der Waals surface area contributed by atoms with Crippen molar-refractivity contribution in [2.75, 3.05) is 4.90 Å². The molecule has 0 aliphatic carbocycles. The average molecular weight is 521 g/mol. The van der Waals surface area contributed by atoms with Gasteiger partial charge >= 0.3 is 173 Å². The van der Waals surface area contributed by atoms with E-state index in [-0.39, 0.29) is 0 Å². The van der Waals surface area contributed by atoms with E-state index in [1.807, 2.05) is 0 Å². The number of hydrogen-bond acceptors (Lipinski definition) is 1. The van der Waals surface area contributed by atoms with Crippen molar-refractivity contribution in [2.24, 2.45) is 0 Å². The predicted molar refractivity (Wildman–Crippen MR) is 114 cm³/mol. The van der Waals surface area contributed by atoms with Gasteiger partial charge in [0.1, 0.15) is 0 Å². The second-order valence-corrected chi connectivity index (χ2v) is 7.37. The van der Waals surface area contributed by atoms with E-state index in [4.69, 9.17) is 0 Å². The van der Waals surface area contributed by atoms with Gasteiger partial charge in [-0.2, -0.15) is 0 Å². The Hall–Kier alpha value is -2.50. The van der Waals surface area contributed by atoms with Crippen molar-refractivity contribution in [3.05, 3.63) is 114 Å². The van der Waals surface area contributed by atoms with Crippen LogP contribution in [0, 0.1) is 13.8 Å². The molecule has 0 N–H and O–H groups in total. The number of anilines is 2. The van der Waals surface area contributed by atoms with Gasteiger partial charge in [0.15, 0.2) is 0 Å². The fourth-order valence-electron chi connectivity index (χ4n) is 3.06. The molecule has 0 spiro atoms. The van der Waals surface area contributed by atoms with Crippen LogP contribution in [0.3, 0.4) is 0 Å². The summed E-state index contributed by atoms with van der Waals surface area (Å²) in [5.41, 5.74) is 7.27. The Labute approximate surface area is 173 Å². The molecule has 0 bridgehead atoms. The zero-order valence-electron chi connectivity index (χ0n) is 15.7. The number of allylic oxidation sites excluding steroid dienone is 3. The fourth-order valence-corrected chi connectivity index (χ4v) is 3.34. The van der Waals surface area contributed by atoms with E-state index in [2.05, 4.69) is 120 Å². The molecule has 3 aromatic rings. The molecule has 0 unspecified atom stereocenters. The van der Waals surface area contributed by atoms with Crippen molar-refractivity contribution < 1.29 is 19.4 Å². The van der Waals surface area contributed by atoms with Crippen LogP contribution < -0.4 is 4.90 Å². The third-order valence-corrected chi connectivity index (χ3v) is 5.04. The van der Waals surface area contributed by atoms with E-state index in [1.54, 1.807) is 0 Å². The van der Waals surface area contributed by atoms with Crippen LogP contribution in [0.2, 0.25) is 0 Å². The molecule has 3 aromatic carbocycles. The Morgan fingerprint density at radius 1 is 0.741 bits per heavy atom. The standard InChI is InChI=1S/C25H23N.W/c1-4-12-23(22-15-6-5-7-16-22)19-26(24-17-10-8-13-20(24)2)25-18-11-9-14-21(25)3;/h1,4-19H,2-3H3;. The Kier molecular flexibility index (Phi) is 6.73. The van der Waals surface area contributed by atoms with Crippen molar-refractivity contribution in [3.8, 4) is 0 Å². The number of nitrogens with zero attached hydrogens (tertiary/aromatic N) is 1. The van der Waals surface area contributed by atoms with Gasteiger partial charge < -0.3 is 0 Å². The first-order chi connectivity index (χ1) is 13.2. The van der Waals surface area contributed by atoms with Crippen LogP contribution in [0.25, 0.3) is 5.57 Å². The maximum atomic E-state index is 2.31. The van der Waals surface area contributed by atoms with Crippen LogP contribution in [-0.4, -0.2) is 4.40 Å². The second-order valence-electron chi connectivity index (χ2n) is 6.39. The molecule has 0 radical (unpaired) electrons. The summed E-state index contributed by atoms with van der Waals surface area (Å²) in [6.45, 7) is 4.32. The Bertz CT molecular complexity index is 925. The molecule has 0 fully saturated rings. The van der Waals surface area contributed by atoms with Crippen LogP contribution in [-0.2, 0) is 19.4 Å². The first-order valence-electron chi connectivity index (χ1n) is 9.00. The molecule has 3 rings (SSSR count). The van der Waals surface area contributed by atoms with Crippen LogP contribution in [0.15, 0.2) is 97.2 Å². The first kappa shape index (κ1) is 19.3. The quantitative estimate of drug-likeness (QED) is 0.340. The van der Waals surface area contributed by atoms with E-state index in [0.717, 1.165) is 0 Å². The van der Waals surface area contributed by atoms with Crippen LogP contribution in [0.1, 0.15) is 16.7 Å². The summed E-state index contributed by atoms with van der Waals surface area (Å²) in [6, 6.07) is 27.6. The van der Waals surface area contributed by atoms with Crippen LogP contribution >= 0.6 is 0 Å². The Morgan fingerprint density at radius 3 is 1.78 bits per heavy atom. The molecule has 0 aliphatic rings. The van der Waals surface area contributed by atoms with Gasteiger partial charge in [-0.3, -0.25) is 0 Å². The molecular weight excluding hydrogens is 498 g/mol. The summed E-state index contributed by atoms with van der Waals surface area (Å²) in [4.78, 5) is 2.31. The minimum absolute atomic E-state index is 1.18. The van der Waals surface area contributed by atoms with E-state index < -0.39 is 0 Å². The van der Waals surface area contributed by atoms with Crippen molar-refractivity contribution in [1.82, 2.24) is 0 Å². The van der Waals surface area contributed by atoms with Crippen molar-refractivity contribution in [2.45, 2.75) is 13.8 Å². The monoisotopic (exact) mass is 521 g/mol. The summed E-state index contributed by atoms with van der Waals surface area (Å²) in [5, 5.41) is 0. The second kappa shape index (κ2) is 9.44. The number of aryl methyl sites for hydroxylation is 2. The number of benzene rings is 3. The Balaban J connectivity index is 2.21. The summed E-state index contributed by atoms with van der Waals surface area (Å²) in [5.74, 6) is 0. The van der Waals surface area contributed by atoms with Gasteiger partial charge in [0, 0.05) is 0 Å². The van der Waals surface area contributed by atoms with Crippen molar-refractivity contribution in [3.63, 3.8) is 0 Å². The normalized spacial score (nSPS) is 11.6. The van der Waals surface area contributed by atoms with E-state index in [1.165, 1.54) is 53.0 Å². The van der Waals surface area contributed by atoms with E-state index in [0.29, 0.717) is 0 Å². The molecule has 27 heavy (non-hydrogen) atoms. The van der Waals surface area contributed by atoms with E-state index in [9.17, 15) is 0 Å². The number of para-hydroxylation sites is 2. The van der Waals surface area contributed by atoms with E-state index >= 15 is 0 Å². The van der Waals surface area contributed by atoms with Gasteiger partial charge in [-0.15, -0.1) is 0 Å². The molecule has 0 saturated heterocycles. The molecule has 134 valence electrons. The summed E-state index contributed by atoms with van der Waals surface area (Å²) < 4.78 is 2.14. The first-order valence-corrected chi connectivity index (χ1v) is 10.7. The maximum absolute atomic E-state index is 2.31. The van der Waals surface area contributed by atoms with Crippen LogP contribution in [0.4, 0.5) is 11.4 Å². The minimum atomic E-state index is 1.18. The Morgan fingerprint density at radius 2 is 1.26 bits per heavy atom. The van der Waals surface area contributed by atoms with Gasteiger partial charge in [0.2, 0.25) is 0 Å². The molecule has 0 aliphatic heterocycles. The number of hydrogen-bond donors (Lipinski definition) is 0. The van der Waals surface area contributed by atoms with Gasteiger partial charge in [0.25, 0.3) is 0 Å². The summed E-state index contributed by atoms with van der Waals surface area (Å²) >= 11 is 1.45. The summed E-state index contributed by atoms with van der Waals surface area (Å²) in [7, 11) is 0. The molecule has 0 amide bonds. The van der Waals surface area contributed by atoms with Gasteiger partial charge in [-0.1, -0.05) is 0 Å². The SMILES string of the molecule is Cc1ccccc1N(C=C(C=C[CH]=[W])c1ccccc1)c1ccccc1C. The average Bonchev–Trinajstić information content (AvgIpc) is 2.70. The molecule has 0 heterocycles. The van der Waals surface area contributed by atoms with Gasteiger partial charge in [-0.25, -0.2) is 0 Å². The molecule has 0 saturated carbocycles. The van der Waals surface area contributed by atoms with Crippen molar-refractivity contribution in [1.29, 1.82) is 0 Å². The zero-order chi connectivity index (χ0) is 19.1. The van der Waals surface area contributed by atoms with Gasteiger partial charge in [0.05, 0.1) is 0 Å². The third kappa shape index (κ3) is 4.81. The molecular formula is C25H23NW. The van der Waals surface area contributed by atoms with Crippen molar-refractivity contribution >= 4 is 21.3 Å². The van der Waals surface area contributed by atoms with Crippen LogP contribution in [0.5, 0.6) is 0 Å². The third-order valence-electron chi connectivity index (χ3n) is 4.48.